The minimum absolute atomic E-state index is 0.405. The number of hydrogen-bond donors (Lipinski definition) is 1. The SMILES string of the molecule is O=C(O)C=Cc1ccc(-c2cccc(Cl)c2Cl)o1. The van der Waals surface area contributed by atoms with Gasteiger partial charge in [0, 0.05) is 11.6 Å². The van der Waals surface area contributed by atoms with E-state index < -0.39 is 5.97 Å². The highest BCUT2D eigenvalue weighted by molar-refractivity contribution is 6.43. The molecule has 0 spiro atoms. The van der Waals surface area contributed by atoms with Crippen LogP contribution >= 0.6 is 23.2 Å². The standard InChI is InChI=1S/C13H8Cl2O3/c14-10-3-1-2-9(13(10)15)11-6-4-8(18-11)5-7-12(16)17/h1-7H,(H,16,17). The zero-order valence-corrected chi connectivity index (χ0v) is 10.6. The fourth-order valence-electron chi connectivity index (χ4n) is 1.43. The third-order valence-electron chi connectivity index (χ3n) is 2.23. The Morgan fingerprint density at radius 2 is 2.00 bits per heavy atom. The zero-order valence-electron chi connectivity index (χ0n) is 9.06. The number of hydrogen-bond acceptors (Lipinski definition) is 2. The fraction of sp³-hybridized carbons (Fsp3) is 0. The Bertz CT molecular complexity index is 614. The molecule has 0 aliphatic carbocycles. The maximum absolute atomic E-state index is 10.4. The summed E-state index contributed by atoms with van der Waals surface area (Å²) in [5.74, 6) is -0.0651. The Labute approximate surface area is 113 Å². The molecule has 0 saturated carbocycles. The molecular formula is C13H8Cl2O3. The van der Waals surface area contributed by atoms with Crippen molar-refractivity contribution in [2.24, 2.45) is 0 Å². The van der Waals surface area contributed by atoms with Crippen molar-refractivity contribution in [1.29, 1.82) is 0 Å². The van der Waals surface area contributed by atoms with Gasteiger partial charge in [0.05, 0.1) is 10.0 Å². The number of carboxylic acid groups (broad SMARTS) is 1. The van der Waals surface area contributed by atoms with Crippen LogP contribution in [0.15, 0.2) is 40.8 Å². The molecule has 1 aromatic carbocycles. The first-order valence-electron chi connectivity index (χ1n) is 5.03. The maximum atomic E-state index is 10.4. The quantitative estimate of drug-likeness (QED) is 0.852. The molecule has 0 amide bonds. The summed E-state index contributed by atoms with van der Waals surface area (Å²) in [5.41, 5.74) is 0.666. The van der Waals surface area contributed by atoms with Crippen molar-refractivity contribution >= 4 is 35.2 Å². The highest BCUT2D eigenvalue weighted by Gasteiger charge is 2.10. The smallest absolute Gasteiger partial charge is 0.328 e. The minimum Gasteiger partial charge on any atom is -0.478 e. The molecule has 2 aromatic rings. The van der Waals surface area contributed by atoms with Gasteiger partial charge in [-0.2, -0.15) is 0 Å². The number of aliphatic carboxylic acids is 1. The second-order valence-corrected chi connectivity index (χ2v) is 4.26. The van der Waals surface area contributed by atoms with Crippen molar-refractivity contribution in [3.05, 3.63) is 52.2 Å². The van der Waals surface area contributed by atoms with E-state index >= 15 is 0 Å². The zero-order chi connectivity index (χ0) is 13.1. The fourth-order valence-corrected chi connectivity index (χ4v) is 1.83. The van der Waals surface area contributed by atoms with Crippen molar-refractivity contribution in [2.75, 3.05) is 0 Å². The Hall–Kier alpha value is -1.71. The van der Waals surface area contributed by atoms with Crippen LogP contribution in [0.3, 0.4) is 0 Å². The molecule has 1 heterocycles. The van der Waals surface area contributed by atoms with E-state index in [0.717, 1.165) is 6.08 Å². The molecule has 3 nitrogen and oxygen atoms in total. The lowest BCUT2D eigenvalue weighted by molar-refractivity contribution is -0.131. The number of halogens is 2. The van der Waals surface area contributed by atoms with E-state index in [1.54, 1.807) is 30.3 Å². The number of carboxylic acids is 1. The number of furan rings is 1. The van der Waals surface area contributed by atoms with Gasteiger partial charge in [0.1, 0.15) is 11.5 Å². The summed E-state index contributed by atoms with van der Waals surface area (Å²) in [6.45, 7) is 0. The summed E-state index contributed by atoms with van der Waals surface area (Å²) in [6, 6.07) is 8.59. The molecule has 1 aromatic heterocycles. The summed E-state index contributed by atoms with van der Waals surface area (Å²) in [4.78, 5) is 10.4. The van der Waals surface area contributed by atoms with Gasteiger partial charge in [-0.1, -0.05) is 29.3 Å². The van der Waals surface area contributed by atoms with Gasteiger partial charge in [0.25, 0.3) is 0 Å². The molecular weight excluding hydrogens is 275 g/mol. The van der Waals surface area contributed by atoms with Crippen molar-refractivity contribution in [1.82, 2.24) is 0 Å². The first kappa shape index (κ1) is 12.7. The van der Waals surface area contributed by atoms with Crippen LogP contribution in [-0.4, -0.2) is 11.1 Å². The number of carbonyl (C=O) groups is 1. The van der Waals surface area contributed by atoms with Crippen LogP contribution in [0.25, 0.3) is 17.4 Å². The first-order chi connectivity index (χ1) is 8.58. The van der Waals surface area contributed by atoms with Gasteiger partial charge < -0.3 is 9.52 Å². The van der Waals surface area contributed by atoms with E-state index in [0.29, 0.717) is 27.1 Å². The second-order valence-electron chi connectivity index (χ2n) is 3.47. The van der Waals surface area contributed by atoms with Crippen molar-refractivity contribution in [3.63, 3.8) is 0 Å². The first-order valence-corrected chi connectivity index (χ1v) is 5.79. The third kappa shape index (κ3) is 2.75. The van der Waals surface area contributed by atoms with Gasteiger partial charge in [0.15, 0.2) is 0 Å². The molecule has 0 atom stereocenters. The Morgan fingerprint density at radius 3 is 2.72 bits per heavy atom. The van der Waals surface area contributed by atoms with Crippen LogP contribution in [0, 0.1) is 0 Å². The van der Waals surface area contributed by atoms with Gasteiger partial charge in [-0.25, -0.2) is 4.79 Å². The van der Waals surface area contributed by atoms with E-state index in [4.69, 9.17) is 32.7 Å². The van der Waals surface area contributed by atoms with Crippen LogP contribution in [0.4, 0.5) is 0 Å². The van der Waals surface area contributed by atoms with Gasteiger partial charge in [-0.05, 0) is 30.3 Å². The molecule has 2 rings (SSSR count). The molecule has 92 valence electrons. The summed E-state index contributed by atoms with van der Waals surface area (Å²) in [6.07, 6.45) is 2.37. The summed E-state index contributed by atoms with van der Waals surface area (Å²) >= 11 is 12.0. The van der Waals surface area contributed by atoms with Crippen molar-refractivity contribution in [3.8, 4) is 11.3 Å². The normalized spacial score (nSPS) is 11.0. The maximum Gasteiger partial charge on any atom is 0.328 e. The topological polar surface area (TPSA) is 50.4 Å². The lowest BCUT2D eigenvalue weighted by Crippen LogP contribution is -1.84. The molecule has 0 saturated heterocycles. The molecule has 0 radical (unpaired) electrons. The molecule has 18 heavy (non-hydrogen) atoms. The predicted molar refractivity (Wildman–Crippen MR) is 70.8 cm³/mol. The average molecular weight is 283 g/mol. The molecule has 5 heteroatoms. The van der Waals surface area contributed by atoms with E-state index in [2.05, 4.69) is 0 Å². The molecule has 0 aliphatic rings. The molecule has 0 bridgehead atoms. The second kappa shape index (κ2) is 5.29. The summed E-state index contributed by atoms with van der Waals surface area (Å²) in [5, 5.41) is 9.36. The lowest BCUT2D eigenvalue weighted by atomic mass is 10.2. The molecule has 0 fully saturated rings. The minimum atomic E-state index is -1.03. The molecule has 0 aliphatic heterocycles. The molecule has 0 unspecified atom stereocenters. The van der Waals surface area contributed by atoms with Crippen LogP contribution < -0.4 is 0 Å². The van der Waals surface area contributed by atoms with Crippen LogP contribution in [0.5, 0.6) is 0 Å². The summed E-state index contributed by atoms with van der Waals surface area (Å²) < 4.78 is 5.46. The molecule has 1 N–H and O–H groups in total. The van der Waals surface area contributed by atoms with Crippen LogP contribution in [0.1, 0.15) is 5.76 Å². The average Bonchev–Trinajstić information content (AvgIpc) is 2.78. The van der Waals surface area contributed by atoms with E-state index in [-0.39, 0.29) is 0 Å². The van der Waals surface area contributed by atoms with Gasteiger partial charge in [-0.3, -0.25) is 0 Å². The summed E-state index contributed by atoms with van der Waals surface area (Å²) in [7, 11) is 0. The Morgan fingerprint density at radius 1 is 1.22 bits per heavy atom. The van der Waals surface area contributed by atoms with Gasteiger partial charge >= 0.3 is 5.97 Å². The largest absolute Gasteiger partial charge is 0.478 e. The van der Waals surface area contributed by atoms with Crippen LogP contribution in [-0.2, 0) is 4.79 Å². The van der Waals surface area contributed by atoms with E-state index in [9.17, 15) is 4.79 Å². The van der Waals surface area contributed by atoms with Crippen molar-refractivity contribution < 1.29 is 14.3 Å². The van der Waals surface area contributed by atoms with Crippen molar-refractivity contribution in [2.45, 2.75) is 0 Å². The monoisotopic (exact) mass is 282 g/mol. The predicted octanol–water partition coefficient (Wildman–Crippen LogP) is 4.35. The highest BCUT2D eigenvalue weighted by Crippen LogP contribution is 2.34. The Balaban J connectivity index is 2.35. The number of rotatable bonds is 3. The number of benzene rings is 1. The lowest BCUT2D eigenvalue weighted by Gasteiger charge is -2.01. The third-order valence-corrected chi connectivity index (χ3v) is 3.05. The van der Waals surface area contributed by atoms with E-state index in [1.165, 1.54) is 6.08 Å². The highest BCUT2D eigenvalue weighted by atomic mass is 35.5. The van der Waals surface area contributed by atoms with Gasteiger partial charge in [-0.15, -0.1) is 0 Å². The van der Waals surface area contributed by atoms with Gasteiger partial charge in [0.2, 0.25) is 0 Å². The Kier molecular flexibility index (Phi) is 3.75. The van der Waals surface area contributed by atoms with E-state index in [1.807, 2.05) is 0 Å². The van der Waals surface area contributed by atoms with Crippen LogP contribution in [0.2, 0.25) is 10.0 Å².